The number of nitrogens with two attached hydrogens (primary N) is 1. The first-order chi connectivity index (χ1) is 12.0. The van der Waals surface area contributed by atoms with Crippen molar-refractivity contribution >= 4 is 27.0 Å². The third-order valence-corrected chi connectivity index (χ3v) is 4.82. The highest BCUT2D eigenvalue weighted by atomic mass is 32.2. The molecular weight excluding hydrogens is 340 g/mol. The van der Waals surface area contributed by atoms with E-state index in [1.54, 1.807) is 18.5 Å². The van der Waals surface area contributed by atoms with Gasteiger partial charge in [-0.05, 0) is 31.2 Å². The molecule has 8 heteroatoms. The molecule has 0 saturated carbocycles. The summed E-state index contributed by atoms with van der Waals surface area (Å²) in [6, 6.07) is 14.0. The van der Waals surface area contributed by atoms with Gasteiger partial charge in [0.2, 0.25) is 0 Å². The third-order valence-electron chi connectivity index (χ3n) is 3.70. The summed E-state index contributed by atoms with van der Waals surface area (Å²) in [7, 11) is -3.97. The molecule has 0 radical (unpaired) electrons. The first-order valence-electron chi connectivity index (χ1n) is 7.68. The van der Waals surface area contributed by atoms with E-state index in [2.05, 4.69) is 14.4 Å². The van der Waals surface area contributed by atoms with Gasteiger partial charge in [-0.2, -0.15) is 8.42 Å². The number of imidazole rings is 1. The fourth-order valence-electron chi connectivity index (χ4n) is 2.31. The number of aromatic nitrogens is 2. The van der Waals surface area contributed by atoms with Gasteiger partial charge in [0, 0.05) is 13.0 Å². The highest BCUT2D eigenvalue weighted by molar-refractivity contribution is 7.86. The van der Waals surface area contributed by atoms with Crippen LogP contribution in [0.4, 0.5) is 0 Å². The number of oxime groups is 1. The van der Waals surface area contributed by atoms with Crippen LogP contribution >= 0.6 is 0 Å². The monoisotopic (exact) mass is 358 g/mol. The van der Waals surface area contributed by atoms with E-state index >= 15 is 0 Å². The van der Waals surface area contributed by atoms with E-state index in [4.69, 9.17) is 5.73 Å². The zero-order valence-electron chi connectivity index (χ0n) is 13.7. The largest absolute Gasteiger partial charge is 0.384 e. The number of benzene rings is 2. The second-order valence-electron chi connectivity index (χ2n) is 5.60. The molecule has 0 fully saturated rings. The summed E-state index contributed by atoms with van der Waals surface area (Å²) in [5.41, 5.74) is 8.58. The Kier molecular flexibility index (Phi) is 4.71. The second-order valence-corrected chi connectivity index (χ2v) is 7.13. The van der Waals surface area contributed by atoms with Crippen LogP contribution < -0.4 is 5.73 Å². The molecule has 0 spiro atoms. The van der Waals surface area contributed by atoms with Crippen molar-refractivity contribution in [1.29, 1.82) is 0 Å². The van der Waals surface area contributed by atoms with Crippen molar-refractivity contribution in [3.63, 3.8) is 0 Å². The topological polar surface area (TPSA) is 99.6 Å². The molecule has 0 amide bonds. The van der Waals surface area contributed by atoms with Gasteiger partial charge in [0.05, 0.1) is 17.4 Å². The van der Waals surface area contributed by atoms with Gasteiger partial charge < -0.3 is 10.3 Å². The van der Waals surface area contributed by atoms with Crippen molar-refractivity contribution in [3.05, 3.63) is 60.4 Å². The van der Waals surface area contributed by atoms with E-state index in [0.29, 0.717) is 13.0 Å². The number of fused-ring (bicyclic) bond motifs is 1. The molecular formula is C17H18N4O3S. The van der Waals surface area contributed by atoms with Crippen LogP contribution in [0.1, 0.15) is 12.0 Å². The van der Waals surface area contributed by atoms with Crippen LogP contribution in [0.2, 0.25) is 0 Å². The quantitative estimate of drug-likeness (QED) is 0.414. The minimum Gasteiger partial charge on any atom is -0.384 e. The number of hydrogen-bond donors (Lipinski definition) is 1. The summed E-state index contributed by atoms with van der Waals surface area (Å²) in [6.45, 7) is 2.39. The molecule has 0 aliphatic heterocycles. The van der Waals surface area contributed by atoms with Gasteiger partial charge in [-0.1, -0.05) is 35.0 Å². The number of hydrogen-bond acceptors (Lipinski definition) is 5. The number of amidine groups is 1. The van der Waals surface area contributed by atoms with E-state index < -0.39 is 10.1 Å². The van der Waals surface area contributed by atoms with Crippen LogP contribution in [0.15, 0.2) is 64.9 Å². The maximum absolute atomic E-state index is 12.1. The Hall–Kier alpha value is -2.87. The molecule has 130 valence electrons. The summed E-state index contributed by atoms with van der Waals surface area (Å²) in [5.74, 6) is 0.0912. The maximum Gasteiger partial charge on any atom is 0.358 e. The smallest absolute Gasteiger partial charge is 0.358 e. The van der Waals surface area contributed by atoms with Crippen LogP contribution in [-0.2, 0) is 20.9 Å². The fourth-order valence-corrected chi connectivity index (χ4v) is 3.06. The third kappa shape index (κ3) is 3.97. The highest BCUT2D eigenvalue weighted by Gasteiger charge is 2.15. The van der Waals surface area contributed by atoms with E-state index in [0.717, 1.165) is 16.6 Å². The zero-order valence-corrected chi connectivity index (χ0v) is 14.5. The molecule has 0 saturated heterocycles. The lowest BCUT2D eigenvalue weighted by atomic mass is 10.2. The highest BCUT2D eigenvalue weighted by Crippen LogP contribution is 2.14. The van der Waals surface area contributed by atoms with Gasteiger partial charge in [-0.25, -0.2) is 4.98 Å². The van der Waals surface area contributed by atoms with Gasteiger partial charge in [-0.3, -0.25) is 4.28 Å². The summed E-state index contributed by atoms with van der Waals surface area (Å²) < 4.78 is 30.7. The van der Waals surface area contributed by atoms with Gasteiger partial charge in [0.1, 0.15) is 10.7 Å². The molecule has 3 aromatic rings. The molecule has 0 aliphatic rings. The first-order valence-corrected chi connectivity index (χ1v) is 9.09. The van der Waals surface area contributed by atoms with Gasteiger partial charge in [0.25, 0.3) is 0 Å². The maximum atomic E-state index is 12.1. The molecule has 0 unspecified atom stereocenters. The Morgan fingerprint density at radius 3 is 2.68 bits per heavy atom. The minimum atomic E-state index is -3.97. The lowest BCUT2D eigenvalue weighted by Crippen LogP contribution is -2.16. The van der Waals surface area contributed by atoms with Crippen LogP contribution in [0.3, 0.4) is 0 Å². The zero-order chi connectivity index (χ0) is 17.9. The Bertz CT molecular complexity index is 1010. The minimum absolute atomic E-state index is 0.0373. The van der Waals surface area contributed by atoms with E-state index in [1.165, 1.54) is 12.1 Å². The van der Waals surface area contributed by atoms with Crippen LogP contribution in [0, 0.1) is 6.92 Å². The molecule has 2 aromatic carbocycles. The molecule has 2 N–H and O–H groups in total. The number of para-hydroxylation sites is 2. The van der Waals surface area contributed by atoms with Crippen molar-refractivity contribution in [2.24, 2.45) is 10.9 Å². The predicted molar refractivity (Wildman–Crippen MR) is 95.4 cm³/mol. The van der Waals surface area contributed by atoms with Gasteiger partial charge in [-0.15, -0.1) is 0 Å². The Labute approximate surface area is 145 Å². The normalized spacial score (nSPS) is 12.4. The molecule has 7 nitrogen and oxygen atoms in total. The first kappa shape index (κ1) is 17.0. The molecule has 1 heterocycles. The average molecular weight is 358 g/mol. The Balaban J connectivity index is 1.65. The summed E-state index contributed by atoms with van der Waals surface area (Å²) in [4.78, 5) is 4.32. The van der Waals surface area contributed by atoms with Crippen LogP contribution in [0.5, 0.6) is 0 Å². The lowest BCUT2D eigenvalue weighted by Gasteiger charge is -2.05. The van der Waals surface area contributed by atoms with E-state index in [1.807, 2.05) is 35.8 Å². The van der Waals surface area contributed by atoms with Crippen molar-refractivity contribution in [3.8, 4) is 0 Å². The van der Waals surface area contributed by atoms with Crippen LogP contribution in [0.25, 0.3) is 11.0 Å². The average Bonchev–Trinajstić information content (AvgIpc) is 3.02. The number of nitrogens with zero attached hydrogens (tertiary/aromatic N) is 3. The molecule has 0 bridgehead atoms. The summed E-state index contributed by atoms with van der Waals surface area (Å²) in [6.07, 6.45) is 2.05. The van der Waals surface area contributed by atoms with Crippen LogP contribution in [-0.4, -0.2) is 23.8 Å². The summed E-state index contributed by atoms with van der Waals surface area (Å²) in [5, 5.41) is 3.55. The molecule has 1 aromatic heterocycles. The Morgan fingerprint density at radius 2 is 1.92 bits per heavy atom. The predicted octanol–water partition coefficient (Wildman–Crippen LogP) is 2.41. The second kappa shape index (κ2) is 6.94. The van der Waals surface area contributed by atoms with Crippen molar-refractivity contribution < 1.29 is 12.7 Å². The van der Waals surface area contributed by atoms with Crippen molar-refractivity contribution in [2.75, 3.05) is 0 Å². The fraction of sp³-hybridized carbons (Fsp3) is 0.176. The Morgan fingerprint density at radius 1 is 1.20 bits per heavy atom. The van der Waals surface area contributed by atoms with Crippen molar-refractivity contribution in [1.82, 2.24) is 9.55 Å². The standard InChI is InChI=1S/C17H18N4O3S/c1-13-6-8-14(9-7-13)25(22,23)24-20-17(18)10-11-21-12-19-15-4-2-3-5-16(15)21/h2-9,12H,10-11H2,1H3,(H2,18,20). The molecule has 0 atom stereocenters. The van der Waals surface area contributed by atoms with Crippen molar-refractivity contribution in [2.45, 2.75) is 24.8 Å². The van der Waals surface area contributed by atoms with E-state index in [9.17, 15) is 8.42 Å². The van der Waals surface area contributed by atoms with E-state index in [-0.39, 0.29) is 10.7 Å². The SMILES string of the molecule is Cc1ccc(S(=O)(=O)ON=C(N)CCn2cnc3ccccc32)cc1. The molecule has 25 heavy (non-hydrogen) atoms. The summed E-state index contributed by atoms with van der Waals surface area (Å²) >= 11 is 0. The lowest BCUT2D eigenvalue weighted by molar-refractivity contribution is 0.336. The molecule has 3 rings (SSSR count). The number of rotatable bonds is 6. The van der Waals surface area contributed by atoms with Gasteiger partial charge >= 0.3 is 10.1 Å². The number of aryl methyl sites for hydroxylation is 2. The molecule has 0 aliphatic carbocycles. The van der Waals surface area contributed by atoms with Gasteiger partial charge in [0.15, 0.2) is 0 Å².